The molecule has 21 heavy (non-hydrogen) atoms. The van der Waals surface area contributed by atoms with Gasteiger partial charge in [-0.25, -0.2) is 4.79 Å². The van der Waals surface area contributed by atoms with Gasteiger partial charge in [0, 0.05) is 30.4 Å². The maximum absolute atomic E-state index is 12.1. The number of carbonyl (C=O) groups excluding carboxylic acids is 2. The number of rotatable bonds is 4. The van der Waals surface area contributed by atoms with Crippen LogP contribution in [0.2, 0.25) is 0 Å². The molecule has 1 aliphatic heterocycles. The van der Waals surface area contributed by atoms with Crippen LogP contribution >= 0.6 is 0 Å². The second kappa shape index (κ2) is 5.04. The number of non-ortho nitro benzene ring substituents is 1. The normalized spacial score (nSPS) is 16.8. The monoisotopic (exact) mass is 292 g/mol. The molecule has 1 heterocycles. The molecule has 0 spiro atoms. The molecule has 1 aromatic rings. The lowest BCUT2D eigenvalue weighted by Crippen LogP contribution is -2.40. The van der Waals surface area contributed by atoms with Crippen LogP contribution in [0, 0.1) is 10.1 Å². The van der Waals surface area contributed by atoms with Gasteiger partial charge >= 0.3 is 6.03 Å². The first kappa shape index (κ1) is 14.8. The zero-order valence-electron chi connectivity index (χ0n) is 12.0. The Labute approximate surface area is 121 Å². The number of nitrogens with one attached hydrogen (secondary N) is 2. The van der Waals surface area contributed by atoms with Crippen molar-refractivity contribution >= 4 is 23.3 Å². The van der Waals surface area contributed by atoms with E-state index in [1.807, 2.05) is 0 Å². The number of hydrogen-bond donors (Lipinski definition) is 2. The summed E-state index contributed by atoms with van der Waals surface area (Å²) in [5.74, 6) is -0.360. The van der Waals surface area contributed by atoms with E-state index in [1.54, 1.807) is 27.0 Å². The standard InChI is InChI=1S/C13H16N4O4/c1-13(2)11(18)16(12(19)15-13)7-8-6-9(17(20)21)4-5-10(8)14-3/h4-6,14H,7H2,1-3H3,(H,15,19). The molecule has 1 aromatic carbocycles. The molecule has 1 fully saturated rings. The molecule has 112 valence electrons. The van der Waals surface area contributed by atoms with E-state index in [0.717, 1.165) is 4.90 Å². The van der Waals surface area contributed by atoms with Gasteiger partial charge in [0.15, 0.2) is 0 Å². The highest BCUT2D eigenvalue weighted by molar-refractivity contribution is 6.06. The fourth-order valence-corrected chi connectivity index (χ4v) is 2.20. The van der Waals surface area contributed by atoms with Crippen molar-refractivity contribution in [1.29, 1.82) is 0 Å². The van der Waals surface area contributed by atoms with Crippen molar-refractivity contribution in [2.75, 3.05) is 12.4 Å². The first-order chi connectivity index (χ1) is 9.76. The van der Waals surface area contributed by atoms with Crippen LogP contribution < -0.4 is 10.6 Å². The van der Waals surface area contributed by atoms with Crippen molar-refractivity contribution in [3.8, 4) is 0 Å². The van der Waals surface area contributed by atoms with E-state index in [-0.39, 0.29) is 18.1 Å². The third-order valence-corrected chi connectivity index (χ3v) is 3.34. The molecule has 0 aliphatic carbocycles. The van der Waals surface area contributed by atoms with E-state index in [9.17, 15) is 19.7 Å². The number of benzene rings is 1. The Bertz CT molecular complexity index is 627. The van der Waals surface area contributed by atoms with Crippen molar-refractivity contribution in [2.45, 2.75) is 25.9 Å². The number of imide groups is 1. The van der Waals surface area contributed by atoms with E-state index in [4.69, 9.17) is 0 Å². The van der Waals surface area contributed by atoms with Crippen molar-refractivity contribution < 1.29 is 14.5 Å². The van der Waals surface area contributed by atoms with Crippen LogP contribution in [-0.2, 0) is 11.3 Å². The molecule has 0 saturated carbocycles. The minimum absolute atomic E-state index is 0.0219. The predicted molar refractivity (Wildman–Crippen MR) is 75.8 cm³/mol. The van der Waals surface area contributed by atoms with E-state index in [1.165, 1.54) is 12.1 Å². The highest BCUT2D eigenvalue weighted by Crippen LogP contribution is 2.26. The van der Waals surface area contributed by atoms with E-state index < -0.39 is 16.5 Å². The molecule has 0 radical (unpaired) electrons. The molecular formula is C13H16N4O4. The molecule has 0 atom stereocenters. The number of nitrogens with zero attached hydrogens (tertiary/aromatic N) is 2. The lowest BCUT2D eigenvalue weighted by Gasteiger charge is -2.17. The number of nitro benzene ring substituents is 1. The average Bonchev–Trinajstić information content (AvgIpc) is 2.60. The fourth-order valence-electron chi connectivity index (χ4n) is 2.20. The zero-order chi connectivity index (χ0) is 15.8. The summed E-state index contributed by atoms with van der Waals surface area (Å²) in [7, 11) is 1.67. The van der Waals surface area contributed by atoms with Crippen molar-refractivity contribution in [2.24, 2.45) is 0 Å². The highest BCUT2D eigenvalue weighted by Gasteiger charge is 2.44. The summed E-state index contributed by atoms with van der Waals surface area (Å²) in [6.45, 7) is 3.20. The molecule has 2 N–H and O–H groups in total. The van der Waals surface area contributed by atoms with Gasteiger partial charge in [-0.1, -0.05) is 0 Å². The Morgan fingerprint density at radius 2 is 2.05 bits per heavy atom. The second-order valence-corrected chi connectivity index (χ2v) is 5.30. The first-order valence-electron chi connectivity index (χ1n) is 6.35. The SMILES string of the molecule is CNc1ccc([N+](=O)[O-])cc1CN1C(=O)NC(C)(C)C1=O. The molecule has 8 nitrogen and oxygen atoms in total. The van der Waals surface area contributed by atoms with Gasteiger partial charge in [0.05, 0.1) is 11.5 Å². The third-order valence-electron chi connectivity index (χ3n) is 3.34. The number of hydrogen-bond acceptors (Lipinski definition) is 5. The summed E-state index contributed by atoms with van der Waals surface area (Å²) in [5, 5.41) is 16.3. The maximum Gasteiger partial charge on any atom is 0.325 e. The first-order valence-corrected chi connectivity index (χ1v) is 6.35. The van der Waals surface area contributed by atoms with Gasteiger partial charge in [-0.3, -0.25) is 19.8 Å². The van der Waals surface area contributed by atoms with Gasteiger partial charge in [-0.2, -0.15) is 0 Å². The van der Waals surface area contributed by atoms with Crippen LogP contribution in [0.1, 0.15) is 19.4 Å². The summed E-state index contributed by atoms with van der Waals surface area (Å²) >= 11 is 0. The Kier molecular flexibility index (Phi) is 3.54. The summed E-state index contributed by atoms with van der Waals surface area (Å²) in [4.78, 5) is 35.4. The van der Waals surface area contributed by atoms with Crippen molar-refractivity contribution in [3.63, 3.8) is 0 Å². The van der Waals surface area contributed by atoms with E-state index in [2.05, 4.69) is 10.6 Å². The molecule has 0 bridgehead atoms. The quantitative estimate of drug-likeness (QED) is 0.496. The lowest BCUT2D eigenvalue weighted by atomic mass is 10.1. The summed E-state index contributed by atoms with van der Waals surface area (Å²) < 4.78 is 0. The number of anilines is 1. The van der Waals surface area contributed by atoms with Crippen LogP contribution in [0.25, 0.3) is 0 Å². The summed E-state index contributed by atoms with van der Waals surface area (Å²) in [6.07, 6.45) is 0. The molecule has 3 amide bonds. The molecule has 1 saturated heterocycles. The number of amides is 3. The molecular weight excluding hydrogens is 276 g/mol. The summed E-state index contributed by atoms with van der Waals surface area (Å²) in [6, 6.07) is 3.78. The molecule has 0 unspecified atom stereocenters. The minimum Gasteiger partial charge on any atom is -0.388 e. The lowest BCUT2D eigenvalue weighted by molar-refractivity contribution is -0.384. The maximum atomic E-state index is 12.1. The van der Waals surface area contributed by atoms with Crippen molar-refractivity contribution in [1.82, 2.24) is 10.2 Å². The van der Waals surface area contributed by atoms with Gasteiger partial charge in [0.1, 0.15) is 5.54 Å². The third kappa shape index (κ3) is 2.64. The predicted octanol–water partition coefficient (Wildman–Crippen LogP) is 1.47. The van der Waals surface area contributed by atoms with Crippen molar-refractivity contribution in [3.05, 3.63) is 33.9 Å². The van der Waals surface area contributed by atoms with Crippen LogP contribution in [0.4, 0.5) is 16.2 Å². The Morgan fingerprint density at radius 3 is 2.52 bits per heavy atom. The van der Waals surface area contributed by atoms with Gasteiger partial charge < -0.3 is 10.6 Å². The fraction of sp³-hybridized carbons (Fsp3) is 0.385. The topological polar surface area (TPSA) is 105 Å². The van der Waals surface area contributed by atoms with Gasteiger partial charge in [-0.05, 0) is 19.9 Å². The number of urea groups is 1. The molecule has 8 heteroatoms. The molecule has 2 rings (SSSR count). The Morgan fingerprint density at radius 1 is 1.38 bits per heavy atom. The Hall–Kier alpha value is -2.64. The van der Waals surface area contributed by atoms with Gasteiger partial charge in [0.2, 0.25) is 0 Å². The van der Waals surface area contributed by atoms with E-state index >= 15 is 0 Å². The van der Waals surface area contributed by atoms with Gasteiger partial charge in [0.25, 0.3) is 11.6 Å². The largest absolute Gasteiger partial charge is 0.388 e. The molecule has 0 aromatic heterocycles. The number of nitro groups is 1. The van der Waals surface area contributed by atoms with Crippen LogP contribution in [0.3, 0.4) is 0 Å². The van der Waals surface area contributed by atoms with Gasteiger partial charge in [-0.15, -0.1) is 0 Å². The molecule has 1 aliphatic rings. The zero-order valence-corrected chi connectivity index (χ0v) is 12.0. The average molecular weight is 292 g/mol. The Balaban J connectivity index is 2.35. The van der Waals surface area contributed by atoms with Crippen LogP contribution in [0.15, 0.2) is 18.2 Å². The van der Waals surface area contributed by atoms with E-state index in [0.29, 0.717) is 11.3 Å². The minimum atomic E-state index is -0.961. The number of carbonyl (C=O) groups is 2. The second-order valence-electron chi connectivity index (χ2n) is 5.30. The highest BCUT2D eigenvalue weighted by atomic mass is 16.6. The smallest absolute Gasteiger partial charge is 0.325 e. The summed E-state index contributed by atoms with van der Waals surface area (Å²) in [5.41, 5.74) is 0.0894. The van der Waals surface area contributed by atoms with Crippen LogP contribution in [-0.4, -0.2) is 34.3 Å². The van der Waals surface area contributed by atoms with Crippen LogP contribution in [0.5, 0.6) is 0 Å².